The van der Waals surface area contributed by atoms with E-state index in [1.165, 1.54) is 5.56 Å². The Morgan fingerprint density at radius 2 is 1.79 bits per heavy atom. The molecule has 5 heteroatoms. The summed E-state index contributed by atoms with van der Waals surface area (Å²) >= 11 is 0.935. The number of hydrogen-bond donors (Lipinski definition) is 0. The van der Waals surface area contributed by atoms with E-state index in [4.69, 9.17) is 6.42 Å². The van der Waals surface area contributed by atoms with Gasteiger partial charge in [0, 0.05) is 17.1 Å². The van der Waals surface area contributed by atoms with Gasteiger partial charge < -0.3 is 4.57 Å². The molecule has 1 fully saturated rings. The van der Waals surface area contributed by atoms with Gasteiger partial charge in [-0.3, -0.25) is 14.5 Å². The lowest BCUT2D eigenvalue weighted by molar-refractivity contribution is -0.122. The van der Waals surface area contributed by atoms with E-state index in [1.807, 2.05) is 19.9 Å². The van der Waals surface area contributed by atoms with Crippen LogP contribution in [0.15, 0.2) is 35.2 Å². The SMILES string of the molecule is C#CCN1C(=O)SC(=Cc2cc(C)n(-c3ccc(C(C)(C)C)cc3)c2C)C1=O. The second-order valence-corrected chi connectivity index (χ2v) is 8.92. The zero-order chi connectivity index (χ0) is 20.6. The molecule has 2 amide bonds. The first-order valence-corrected chi connectivity index (χ1v) is 9.94. The number of carbonyl (C=O) groups excluding carboxylic acids is 2. The fourth-order valence-corrected chi connectivity index (χ4v) is 4.14. The smallest absolute Gasteiger partial charge is 0.294 e. The first kappa shape index (κ1) is 20.0. The van der Waals surface area contributed by atoms with Crippen LogP contribution in [-0.4, -0.2) is 27.2 Å². The number of rotatable bonds is 3. The molecule has 0 atom stereocenters. The Kier molecular flexibility index (Phi) is 5.27. The molecule has 0 N–H and O–H groups in total. The molecule has 0 aliphatic carbocycles. The van der Waals surface area contributed by atoms with E-state index in [2.05, 4.69) is 55.5 Å². The Morgan fingerprint density at radius 1 is 1.14 bits per heavy atom. The first-order valence-electron chi connectivity index (χ1n) is 9.12. The zero-order valence-electron chi connectivity index (χ0n) is 16.9. The van der Waals surface area contributed by atoms with E-state index in [0.717, 1.165) is 39.3 Å². The summed E-state index contributed by atoms with van der Waals surface area (Å²) in [6, 6.07) is 10.6. The highest BCUT2D eigenvalue weighted by Gasteiger charge is 2.34. The van der Waals surface area contributed by atoms with Crippen molar-refractivity contribution in [2.75, 3.05) is 6.54 Å². The number of amides is 2. The molecule has 0 radical (unpaired) electrons. The second kappa shape index (κ2) is 7.37. The van der Waals surface area contributed by atoms with Crippen molar-refractivity contribution in [1.82, 2.24) is 9.47 Å². The molecule has 1 aromatic carbocycles. The van der Waals surface area contributed by atoms with E-state index >= 15 is 0 Å². The molecule has 144 valence electrons. The van der Waals surface area contributed by atoms with Crippen LogP contribution in [0.2, 0.25) is 0 Å². The standard InChI is InChI=1S/C23H24N2O2S/c1-7-12-24-21(26)20(28-22(24)27)14-17-13-15(2)25(16(17)3)19-10-8-18(9-11-19)23(4,5)6/h1,8-11,13-14H,12H2,2-6H3. The Labute approximate surface area is 170 Å². The summed E-state index contributed by atoms with van der Waals surface area (Å²) in [5.74, 6) is 2.03. The third-order valence-corrected chi connectivity index (χ3v) is 5.78. The fourth-order valence-electron chi connectivity index (χ4n) is 3.31. The highest BCUT2D eigenvalue weighted by atomic mass is 32.2. The lowest BCUT2D eigenvalue weighted by Crippen LogP contribution is -2.28. The Morgan fingerprint density at radius 3 is 2.36 bits per heavy atom. The van der Waals surface area contributed by atoms with E-state index in [1.54, 1.807) is 6.08 Å². The van der Waals surface area contributed by atoms with Crippen LogP contribution in [0.4, 0.5) is 4.79 Å². The summed E-state index contributed by atoms with van der Waals surface area (Å²) in [6.07, 6.45) is 7.03. The summed E-state index contributed by atoms with van der Waals surface area (Å²) in [5, 5.41) is -0.319. The normalized spacial score (nSPS) is 16.1. The number of thioether (sulfide) groups is 1. The number of aryl methyl sites for hydroxylation is 1. The van der Waals surface area contributed by atoms with Crippen molar-refractivity contribution in [3.8, 4) is 18.0 Å². The van der Waals surface area contributed by atoms with Crippen LogP contribution in [0.1, 0.15) is 43.3 Å². The number of carbonyl (C=O) groups is 2. The van der Waals surface area contributed by atoms with Gasteiger partial charge in [-0.25, -0.2) is 0 Å². The minimum atomic E-state index is -0.327. The predicted molar refractivity (Wildman–Crippen MR) is 115 cm³/mol. The van der Waals surface area contributed by atoms with Crippen LogP contribution in [0.3, 0.4) is 0 Å². The van der Waals surface area contributed by atoms with Gasteiger partial charge in [-0.05, 0) is 66.4 Å². The highest BCUT2D eigenvalue weighted by molar-refractivity contribution is 8.18. The van der Waals surface area contributed by atoms with E-state index in [0.29, 0.717) is 4.91 Å². The topological polar surface area (TPSA) is 42.3 Å². The summed E-state index contributed by atoms with van der Waals surface area (Å²) < 4.78 is 2.16. The average molecular weight is 393 g/mol. The van der Waals surface area contributed by atoms with Crippen molar-refractivity contribution in [3.63, 3.8) is 0 Å². The maximum Gasteiger partial charge on any atom is 0.294 e. The molecule has 1 saturated heterocycles. The van der Waals surface area contributed by atoms with Crippen molar-refractivity contribution >= 4 is 29.0 Å². The third kappa shape index (κ3) is 3.65. The van der Waals surface area contributed by atoms with Crippen molar-refractivity contribution in [1.29, 1.82) is 0 Å². The summed E-state index contributed by atoms with van der Waals surface area (Å²) in [7, 11) is 0. The number of nitrogens with zero attached hydrogens (tertiary/aromatic N) is 2. The van der Waals surface area contributed by atoms with Gasteiger partial charge in [-0.1, -0.05) is 38.8 Å². The molecular weight excluding hydrogens is 368 g/mol. The average Bonchev–Trinajstić information content (AvgIpc) is 3.05. The minimum absolute atomic E-state index is 0.00114. The summed E-state index contributed by atoms with van der Waals surface area (Å²) in [5.41, 5.74) is 5.46. The monoisotopic (exact) mass is 392 g/mol. The Bertz CT molecular complexity index is 1010. The second-order valence-electron chi connectivity index (χ2n) is 7.93. The van der Waals surface area contributed by atoms with Crippen LogP contribution in [0.25, 0.3) is 11.8 Å². The number of benzene rings is 1. The summed E-state index contributed by atoms with van der Waals surface area (Å²) in [6.45, 7) is 10.6. The first-order chi connectivity index (χ1) is 13.1. The zero-order valence-corrected chi connectivity index (χ0v) is 17.7. The molecule has 1 aliphatic rings. The molecule has 1 aromatic heterocycles. The van der Waals surface area contributed by atoms with Gasteiger partial charge in [0.2, 0.25) is 0 Å². The van der Waals surface area contributed by atoms with Gasteiger partial charge in [0.15, 0.2) is 0 Å². The predicted octanol–water partition coefficient (Wildman–Crippen LogP) is 5.06. The van der Waals surface area contributed by atoms with Crippen LogP contribution in [-0.2, 0) is 10.2 Å². The maximum atomic E-state index is 12.4. The van der Waals surface area contributed by atoms with Crippen molar-refractivity contribution in [2.24, 2.45) is 0 Å². The fraction of sp³-hybridized carbons (Fsp3) is 0.304. The molecule has 0 saturated carbocycles. The molecule has 3 rings (SSSR count). The van der Waals surface area contributed by atoms with Gasteiger partial charge in [-0.2, -0.15) is 0 Å². The number of aromatic nitrogens is 1. The van der Waals surface area contributed by atoms with Crippen LogP contribution in [0, 0.1) is 26.2 Å². The largest absolute Gasteiger partial charge is 0.318 e. The van der Waals surface area contributed by atoms with Crippen molar-refractivity contribution in [3.05, 3.63) is 57.8 Å². The molecule has 0 bridgehead atoms. The third-order valence-electron chi connectivity index (χ3n) is 4.87. The van der Waals surface area contributed by atoms with Crippen LogP contribution in [0.5, 0.6) is 0 Å². The number of imide groups is 1. The number of hydrogen-bond acceptors (Lipinski definition) is 3. The van der Waals surface area contributed by atoms with E-state index in [9.17, 15) is 9.59 Å². The van der Waals surface area contributed by atoms with Crippen LogP contribution >= 0.6 is 11.8 Å². The molecule has 2 heterocycles. The maximum absolute atomic E-state index is 12.4. The molecular formula is C23H24N2O2S. The van der Waals surface area contributed by atoms with Crippen molar-refractivity contribution < 1.29 is 9.59 Å². The van der Waals surface area contributed by atoms with Gasteiger partial charge >= 0.3 is 0 Å². The Hall–Kier alpha value is -2.71. The van der Waals surface area contributed by atoms with Crippen molar-refractivity contribution in [2.45, 2.75) is 40.0 Å². The molecule has 1 aliphatic heterocycles. The quantitative estimate of drug-likeness (QED) is 0.541. The minimum Gasteiger partial charge on any atom is -0.318 e. The van der Waals surface area contributed by atoms with E-state index < -0.39 is 0 Å². The number of terminal acetylenes is 1. The lowest BCUT2D eigenvalue weighted by Gasteiger charge is -2.20. The van der Waals surface area contributed by atoms with E-state index in [-0.39, 0.29) is 23.1 Å². The van der Waals surface area contributed by atoms with Gasteiger partial charge in [0.1, 0.15) is 0 Å². The van der Waals surface area contributed by atoms with Gasteiger partial charge in [0.25, 0.3) is 11.1 Å². The summed E-state index contributed by atoms with van der Waals surface area (Å²) in [4.78, 5) is 25.9. The molecule has 2 aromatic rings. The molecule has 4 nitrogen and oxygen atoms in total. The Balaban J connectivity index is 1.96. The molecule has 28 heavy (non-hydrogen) atoms. The van der Waals surface area contributed by atoms with Crippen LogP contribution < -0.4 is 0 Å². The van der Waals surface area contributed by atoms with Gasteiger partial charge in [-0.15, -0.1) is 6.42 Å². The molecule has 0 spiro atoms. The molecule has 0 unspecified atom stereocenters. The lowest BCUT2D eigenvalue weighted by atomic mass is 9.87. The highest BCUT2D eigenvalue weighted by Crippen LogP contribution is 2.33. The van der Waals surface area contributed by atoms with Gasteiger partial charge in [0.05, 0.1) is 11.4 Å².